The summed E-state index contributed by atoms with van der Waals surface area (Å²) in [5, 5.41) is 3.04. The number of nitrogens with one attached hydrogen (secondary N) is 1. The van der Waals surface area contributed by atoms with Crippen LogP contribution in [0.5, 0.6) is 5.75 Å². The molecule has 150 valence electrons. The van der Waals surface area contributed by atoms with Crippen LogP contribution in [-0.4, -0.2) is 31.6 Å². The number of hydrogen-bond acceptors (Lipinski definition) is 4. The molecule has 5 heteroatoms. The van der Waals surface area contributed by atoms with Crippen LogP contribution in [0.25, 0.3) is 0 Å². The average molecular weight is 376 g/mol. The summed E-state index contributed by atoms with van der Waals surface area (Å²) in [6.07, 6.45) is 3.06. The SMILES string of the molecule is COC(=O)C1(NC(=O)C(C)c2ccc(C)cc2OC)CCC(C(C)C)CC1. The number of rotatable bonds is 6. The Bertz CT molecular complexity index is 675. The minimum Gasteiger partial charge on any atom is -0.496 e. The molecule has 0 bridgehead atoms. The van der Waals surface area contributed by atoms with E-state index in [4.69, 9.17) is 9.47 Å². The molecule has 1 N–H and O–H groups in total. The van der Waals surface area contributed by atoms with Crippen molar-refractivity contribution >= 4 is 11.9 Å². The summed E-state index contributed by atoms with van der Waals surface area (Å²) >= 11 is 0. The molecule has 1 aromatic rings. The van der Waals surface area contributed by atoms with Crippen LogP contribution in [0.2, 0.25) is 0 Å². The van der Waals surface area contributed by atoms with Crippen LogP contribution in [0.15, 0.2) is 18.2 Å². The van der Waals surface area contributed by atoms with Gasteiger partial charge < -0.3 is 14.8 Å². The zero-order valence-electron chi connectivity index (χ0n) is 17.4. The van der Waals surface area contributed by atoms with Gasteiger partial charge >= 0.3 is 5.97 Å². The second kappa shape index (κ2) is 8.77. The molecule has 0 aromatic heterocycles. The molecule has 2 rings (SSSR count). The van der Waals surface area contributed by atoms with Crippen LogP contribution in [-0.2, 0) is 14.3 Å². The van der Waals surface area contributed by atoms with Crippen molar-refractivity contribution in [3.63, 3.8) is 0 Å². The minimum absolute atomic E-state index is 0.175. The summed E-state index contributed by atoms with van der Waals surface area (Å²) < 4.78 is 10.5. The van der Waals surface area contributed by atoms with Crippen LogP contribution >= 0.6 is 0 Å². The fourth-order valence-corrected chi connectivity index (χ4v) is 4.04. The minimum atomic E-state index is -0.927. The summed E-state index contributed by atoms with van der Waals surface area (Å²) in [5.41, 5.74) is 0.960. The summed E-state index contributed by atoms with van der Waals surface area (Å²) in [5.74, 6) is 0.895. The van der Waals surface area contributed by atoms with E-state index in [1.165, 1.54) is 7.11 Å². The van der Waals surface area contributed by atoms with Crippen molar-refractivity contribution < 1.29 is 19.1 Å². The van der Waals surface area contributed by atoms with Crippen LogP contribution in [0, 0.1) is 18.8 Å². The number of carbonyl (C=O) groups excluding carboxylic acids is 2. The maximum atomic E-state index is 13.0. The fraction of sp³-hybridized carbons (Fsp3) is 0.636. The molecule has 1 atom stereocenters. The molecule has 0 aliphatic heterocycles. The Hall–Kier alpha value is -2.04. The first-order valence-corrected chi connectivity index (χ1v) is 9.79. The van der Waals surface area contributed by atoms with Crippen molar-refractivity contribution in [3.8, 4) is 5.75 Å². The summed E-state index contributed by atoms with van der Waals surface area (Å²) in [6.45, 7) is 8.24. The van der Waals surface area contributed by atoms with E-state index in [1.807, 2.05) is 32.0 Å². The van der Waals surface area contributed by atoms with Gasteiger partial charge in [-0.05, 0) is 63.0 Å². The number of carbonyl (C=O) groups is 2. The lowest BCUT2D eigenvalue weighted by atomic mass is 9.72. The Kier molecular flexibility index (Phi) is 6.90. The van der Waals surface area contributed by atoms with E-state index >= 15 is 0 Å². The van der Waals surface area contributed by atoms with E-state index in [0.29, 0.717) is 30.4 Å². The molecule has 1 fully saturated rings. The second-order valence-corrected chi connectivity index (χ2v) is 8.11. The largest absolute Gasteiger partial charge is 0.496 e. The molecular formula is C22H33NO4. The standard InChI is InChI=1S/C22H33NO4/c1-14(2)17-9-11-22(12-10-17,21(25)27-6)23-20(24)16(4)18-8-7-15(3)13-19(18)26-5/h7-8,13-14,16-17H,9-12H2,1-6H3,(H,23,24). The Morgan fingerprint density at radius 3 is 2.30 bits per heavy atom. The lowest BCUT2D eigenvalue weighted by Gasteiger charge is -2.40. The van der Waals surface area contributed by atoms with Crippen LogP contribution < -0.4 is 10.1 Å². The van der Waals surface area contributed by atoms with E-state index in [9.17, 15) is 9.59 Å². The van der Waals surface area contributed by atoms with Crippen molar-refractivity contribution in [1.29, 1.82) is 0 Å². The third-order valence-electron chi connectivity index (χ3n) is 6.01. The Balaban J connectivity index is 2.20. The van der Waals surface area contributed by atoms with E-state index in [-0.39, 0.29) is 11.9 Å². The number of hydrogen-bond donors (Lipinski definition) is 1. The molecule has 1 aromatic carbocycles. The Labute approximate surface area is 162 Å². The quantitative estimate of drug-likeness (QED) is 0.764. The van der Waals surface area contributed by atoms with Gasteiger partial charge in [0.05, 0.1) is 20.1 Å². The Morgan fingerprint density at radius 2 is 1.78 bits per heavy atom. The van der Waals surface area contributed by atoms with Crippen molar-refractivity contribution in [2.45, 2.75) is 64.8 Å². The zero-order valence-corrected chi connectivity index (χ0v) is 17.4. The molecule has 0 saturated heterocycles. The molecule has 1 aliphatic rings. The first-order chi connectivity index (χ1) is 12.7. The maximum Gasteiger partial charge on any atom is 0.331 e. The lowest BCUT2D eigenvalue weighted by Crippen LogP contribution is -2.57. The first-order valence-electron chi connectivity index (χ1n) is 9.79. The molecular weight excluding hydrogens is 342 g/mol. The van der Waals surface area contributed by atoms with Crippen LogP contribution in [0.3, 0.4) is 0 Å². The van der Waals surface area contributed by atoms with Gasteiger partial charge in [-0.2, -0.15) is 0 Å². The number of ether oxygens (including phenoxy) is 2. The molecule has 0 radical (unpaired) electrons. The summed E-state index contributed by atoms with van der Waals surface area (Å²) in [6, 6.07) is 5.80. The predicted octanol–water partition coefficient (Wildman–Crippen LogP) is 3.98. The van der Waals surface area contributed by atoms with Crippen molar-refractivity contribution in [2.24, 2.45) is 11.8 Å². The van der Waals surface area contributed by atoms with Gasteiger partial charge in [-0.1, -0.05) is 26.0 Å². The molecule has 0 spiro atoms. The van der Waals surface area contributed by atoms with E-state index in [1.54, 1.807) is 7.11 Å². The smallest absolute Gasteiger partial charge is 0.331 e. The highest BCUT2D eigenvalue weighted by molar-refractivity contribution is 5.91. The topological polar surface area (TPSA) is 64.6 Å². The normalized spacial score (nSPS) is 23.6. The number of aryl methyl sites for hydroxylation is 1. The third kappa shape index (κ3) is 4.63. The van der Waals surface area contributed by atoms with Gasteiger partial charge in [0.15, 0.2) is 0 Å². The van der Waals surface area contributed by atoms with Gasteiger partial charge in [0.2, 0.25) is 5.91 Å². The zero-order chi connectivity index (χ0) is 20.2. The fourth-order valence-electron chi connectivity index (χ4n) is 4.04. The van der Waals surface area contributed by atoms with Crippen LogP contribution in [0.1, 0.15) is 63.5 Å². The van der Waals surface area contributed by atoms with Gasteiger partial charge in [0.25, 0.3) is 0 Å². The molecule has 1 amide bonds. The van der Waals surface area contributed by atoms with Gasteiger partial charge in [0.1, 0.15) is 11.3 Å². The first kappa shape index (κ1) is 21.3. The highest BCUT2D eigenvalue weighted by Gasteiger charge is 2.45. The number of benzene rings is 1. The predicted molar refractivity (Wildman–Crippen MR) is 106 cm³/mol. The van der Waals surface area contributed by atoms with E-state index in [0.717, 1.165) is 24.0 Å². The second-order valence-electron chi connectivity index (χ2n) is 8.11. The van der Waals surface area contributed by atoms with Gasteiger partial charge in [-0.15, -0.1) is 0 Å². The highest BCUT2D eigenvalue weighted by Crippen LogP contribution is 2.37. The molecule has 0 heterocycles. The van der Waals surface area contributed by atoms with E-state index in [2.05, 4.69) is 19.2 Å². The van der Waals surface area contributed by atoms with E-state index < -0.39 is 11.5 Å². The van der Waals surface area contributed by atoms with Gasteiger partial charge in [-0.25, -0.2) is 4.79 Å². The van der Waals surface area contributed by atoms with Crippen molar-refractivity contribution in [1.82, 2.24) is 5.32 Å². The molecule has 5 nitrogen and oxygen atoms in total. The van der Waals surface area contributed by atoms with Gasteiger partial charge in [-0.3, -0.25) is 4.79 Å². The maximum absolute atomic E-state index is 13.0. The highest BCUT2D eigenvalue weighted by atomic mass is 16.5. The third-order valence-corrected chi connectivity index (χ3v) is 6.01. The van der Waals surface area contributed by atoms with Gasteiger partial charge in [0, 0.05) is 5.56 Å². The number of methoxy groups -OCH3 is 2. The molecule has 1 saturated carbocycles. The average Bonchev–Trinajstić information content (AvgIpc) is 2.66. The summed E-state index contributed by atoms with van der Waals surface area (Å²) in [7, 11) is 2.99. The van der Waals surface area contributed by atoms with Crippen LogP contribution in [0.4, 0.5) is 0 Å². The molecule has 1 unspecified atom stereocenters. The lowest BCUT2D eigenvalue weighted by molar-refractivity contribution is -0.153. The number of esters is 1. The number of amides is 1. The summed E-state index contributed by atoms with van der Waals surface area (Å²) in [4.78, 5) is 25.6. The molecule has 27 heavy (non-hydrogen) atoms. The van der Waals surface area contributed by atoms with Crippen molar-refractivity contribution in [3.05, 3.63) is 29.3 Å². The monoisotopic (exact) mass is 375 g/mol. The Morgan fingerprint density at radius 1 is 1.15 bits per heavy atom. The molecule has 1 aliphatic carbocycles. The van der Waals surface area contributed by atoms with Crippen molar-refractivity contribution in [2.75, 3.05) is 14.2 Å².